The van der Waals surface area contributed by atoms with Crippen LogP contribution in [0.25, 0.3) is 0 Å². The van der Waals surface area contributed by atoms with E-state index in [-0.39, 0.29) is 6.09 Å². The summed E-state index contributed by atoms with van der Waals surface area (Å²) in [7, 11) is 0. The second-order valence-corrected chi connectivity index (χ2v) is 8.10. The van der Waals surface area contributed by atoms with Gasteiger partial charge in [-0.25, -0.2) is 4.79 Å². The van der Waals surface area contributed by atoms with E-state index in [2.05, 4.69) is 61.5 Å². The normalized spacial score (nSPS) is 9.97. The van der Waals surface area contributed by atoms with Crippen molar-refractivity contribution in [3.05, 3.63) is 122 Å². The predicted octanol–water partition coefficient (Wildman–Crippen LogP) is 7.42. The summed E-state index contributed by atoms with van der Waals surface area (Å²) in [5.74, 6) is 0. The average Bonchev–Trinajstić information content (AvgIpc) is 2.90. The Hall–Kier alpha value is -3.37. The van der Waals surface area contributed by atoms with Gasteiger partial charge in [0.2, 0.25) is 0 Å². The Labute approximate surface area is 212 Å². The zero-order chi connectivity index (χ0) is 25.6. The van der Waals surface area contributed by atoms with Crippen molar-refractivity contribution in [2.24, 2.45) is 0 Å². The van der Waals surface area contributed by atoms with E-state index in [0.717, 1.165) is 50.9 Å². The molecule has 0 N–H and O–H groups in total. The Balaban J connectivity index is 0.000000355. The first-order valence-electron chi connectivity index (χ1n) is 12.3. The molecule has 0 heterocycles. The van der Waals surface area contributed by atoms with E-state index >= 15 is 0 Å². The molecule has 2 aromatic rings. The summed E-state index contributed by atoms with van der Waals surface area (Å²) in [6.45, 7) is 19.6. The number of hydrogen-bond acceptors (Lipinski definition) is 3. The van der Waals surface area contributed by atoms with Gasteiger partial charge < -0.3 is 9.64 Å². The van der Waals surface area contributed by atoms with Gasteiger partial charge in [-0.2, -0.15) is 0 Å². The summed E-state index contributed by atoms with van der Waals surface area (Å²) in [5.41, 5.74) is 2.36. The van der Waals surface area contributed by atoms with Crippen LogP contribution in [0.4, 0.5) is 4.79 Å². The number of hydrogen-bond donors (Lipinski definition) is 0. The maximum absolute atomic E-state index is 12.0. The van der Waals surface area contributed by atoms with Gasteiger partial charge in [-0.3, -0.25) is 4.90 Å². The summed E-state index contributed by atoms with van der Waals surface area (Å²) in [4.78, 5) is 16.1. The monoisotopic (exact) mass is 474 g/mol. The standard InChI is InChI=1S/C16H21NO2.C15H21N/c1-3-5-12-17(13-6-4-2)16(18)19-14-15-10-8-7-9-11-15;1-3-5-12-16(13-6-4-2)14-15-10-8-7-9-11-15/h3-4,7-11H,1-2,5-6,12-14H2;3-4,7-11H,1-2,5-6,12-14H2. The maximum atomic E-state index is 12.0. The molecule has 188 valence electrons. The summed E-state index contributed by atoms with van der Waals surface area (Å²) in [5, 5.41) is 0. The topological polar surface area (TPSA) is 32.8 Å². The van der Waals surface area contributed by atoms with Crippen LogP contribution in [0.1, 0.15) is 36.8 Å². The molecule has 1 amide bonds. The Morgan fingerprint density at radius 1 is 0.657 bits per heavy atom. The molecule has 0 radical (unpaired) electrons. The molecule has 0 spiro atoms. The van der Waals surface area contributed by atoms with Crippen molar-refractivity contribution in [2.75, 3.05) is 26.2 Å². The fourth-order valence-electron chi connectivity index (χ4n) is 3.26. The zero-order valence-electron chi connectivity index (χ0n) is 21.2. The van der Waals surface area contributed by atoms with E-state index in [1.54, 1.807) is 17.1 Å². The largest absolute Gasteiger partial charge is 0.445 e. The van der Waals surface area contributed by atoms with Crippen molar-refractivity contribution >= 4 is 6.09 Å². The molecule has 35 heavy (non-hydrogen) atoms. The summed E-state index contributed by atoms with van der Waals surface area (Å²) >= 11 is 0. The van der Waals surface area contributed by atoms with Crippen LogP contribution in [0.2, 0.25) is 0 Å². The highest BCUT2D eigenvalue weighted by atomic mass is 16.6. The molecule has 4 nitrogen and oxygen atoms in total. The number of carbonyl (C=O) groups is 1. The van der Waals surface area contributed by atoms with E-state index in [1.807, 2.05) is 42.5 Å². The van der Waals surface area contributed by atoms with Gasteiger partial charge in [-0.1, -0.05) is 85.0 Å². The van der Waals surface area contributed by atoms with Gasteiger partial charge in [-0.15, -0.1) is 26.3 Å². The summed E-state index contributed by atoms with van der Waals surface area (Å²) in [6.07, 6.45) is 10.9. The Morgan fingerprint density at radius 2 is 1.09 bits per heavy atom. The van der Waals surface area contributed by atoms with Crippen molar-refractivity contribution in [3.63, 3.8) is 0 Å². The van der Waals surface area contributed by atoms with E-state index in [0.29, 0.717) is 19.7 Å². The highest BCUT2D eigenvalue weighted by Crippen LogP contribution is 2.07. The van der Waals surface area contributed by atoms with Crippen molar-refractivity contribution in [1.29, 1.82) is 0 Å². The smallest absolute Gasteiger partial charge is 0.410 e. The third-order valence-corrected chi connectivity index (χ3v) is 5.22. The molecule has 0 atom stereocenters. The molecular formula is C31H42N2O2. The Kier molecular flexibility index (Phi) is 17.0. The maximum Gasteiger partial charge on any atom is 0.410 e. The molecule has 0 aromatic heterocycles. The van der Waals surface area contributed by atoms with Gasteiger partial charge in [0, 0.05) is 32.7 Å². The summed E-state index contributed by atoms with van der Waals surface area (Å²) < 4.78 is 5.30. The Bertz CT molecular complexity index is 825. The second kappa shape index (κ2) is 20.0. The van der Waals surface area contributed by atoms with Gasteiger partial charge >= 0.3 is 6.09 Å². The van der Waals surface area contributed by atoms with Crippen LogP contribution in [0.3, 0.4) is 0 Å². The zero-order valence-corrected chi connectivity index (χ0v) is 21.2. The van der Waals surface area contributed by atoms with Crippen LogP contribution >= 0.6 is 0 Å². The van der Waals surface area contributed by atoms with E-state index in [4.69, 9.17) is 4.74 Å². The minimum Gasteiger partial charge on any atom is -0.445 e. The molecule has 4 heteroatoms. The number of ether oxygens (including phenoxy) is 1. The molecule has 0 bridgehead atoms. The van der Waals surface area contributed by atoms with Crippen LogP contribution in [0.5, 0.6) is 0 Å². The first-order chi connectivity index (χ1) is 17.1. The molecule has 2 rings (SSSR count). The minimum absolute atomic E-state index is 0.285. The Morgan fingerprint density at radius 3 is 1.54 bits per heavy atom. The lowest BCUT2D eigenvalue weighted by atomic mass is 10.2. The third-order valence-electron chi connectivity index (χ3n) is 5.22. The van der Waals surface area contributed by atoms with Crippen LogP contribution in [0, 0.1) is 0 Å². The van der Waals surface area contributed by atoms with Gasteiger partial charge in [0.25, 0.3) is 0 Å². The molecule has 0 unspecified atom stereocenters. The van der Waals surface area contributed by atoms with Crippen molar-refractivity contribution in [3.8, 4) is 0 Å². The van der Waals surface area contributed by atoms with Crippen LogP contribution in [0.15, 0.2) is 111 Å². The van der Waals surface area contributed by atoms with Crippen molar-refractivity contribution in [1.82, 2.24) is 9.80 Å². The fourth-order valence-corrected chi connectivity index (χ4v) is 3.26. The van der Waals surface area contributed by atoms with Crippen LogP contribution in [-0.2, 0) is 17.9 Å². The van der Waals surface area contributed by atoms with Crippen LogP contribution in [-0.4, -0.2) is 42.1 Å². The quantitative estimate of drug-likeness (QED) is 0.237. The van der Waals surface area contributed by atoms with E-state index in [1.165, 1.54) is 5.56 Å². The SMILES string of the molecule is C=CCCN(CCC=C)C(=O)OCc1ccccc1.C=CCCN(CCC=C)Cc1ccccc1. The number of amides is 1. The molecular weight excluding hydrogens is 432 g/mol. The average molecular weight is 475 g/mol. The molecule has 0 aliphatic heterocycles. The first kappa shape index (κ1) is 29.7. The summed E-state index contributed by atoms with van der Waals surface area (Å²) in [6, 6.07) is 20.3. The molecule has 0 fully saturated rings. The fraction of sp³-hybridized carbons (Fsp3) is 0.323. The molecule has 0 aliphatic rings. The minimum atomic E-state index is -0.285. The lowest BCUT2D eigenvalue weighted by molar-refractivity contribution is 0.0973. The van der Waals surface area contributed by atoms with E-state index in [9.17, 15) is 4.79 Å². The van der Waals surface area contributed by atoms with Gasteiger partial charge in [0.1, 0.15) is 6.61 Å². The number of benzene rings is 2. The molecule has 2 aromatic carbocycles. The lowest BCUT2D eigenvalue weighted by Gasteiger charge is -2.21. The van der Waals surface area contributed by atoms with Gasteiger partial charge in [0.05, 0.1) is 0 Å². The van der Waals surface area contributed by atoms with Crippen molar-refractivity contribution in [2.45, 2.75) is 38.8 Å². The molecule has 0 saturated heterocycles. The third kappa shape index (κ3) is 14.5. The number of rotatable bonds is 16. The van der Waals surface area contributed by atoms with Crippen molar-refractivity contribution < 1.29 is 9.53 Å². The van der Waals surface area contributed by atoms with Crippen LogP contribution < -0.4 is 0 Å². The highest BCUT2D eigenvalue weighted by molar-refractivity contribution is 5.67. The molecule has 0 aliphatic carbocycles. The lowest BCUT2D eigenvalue weighted by Crippen LogP contribution is -2.33. The first-order valence-corrected chi connectivity index (χ1v) is 12.3. The molecule has 0 saturated carbocycles. The number of nitrogens with zero attached hydrogens (tertiary/aromatic N) is 2. The van der Waals surface area contributed by atoms with E-state index < -0.39 is 0 Å². The number of carbonyl (C=O) groups excluding carboxylic acids is 1. The second-order valence-electron chi connectivity index (χ2n) is 8.10. The van der Waals surface area contributed by atoms with Gasteiger partial charge in [0.15, 0.2) is 0 Å². The van der Waals surface area contributed by atoms with Gasteiger partial charge in [-0.05, 0) is 36.8 Å². The predicted molar refractivity (Wildman–Crippen MR) is 149 cm³/mol. The highest BCUT2D eigenvalue weighted by Gasteiger charge is 2.13.